The molecule has 0 radical (unpaired) electrons. The van der Waals surface area contributed by atoms with Crippen LogP contribution in [0.4, 0.5) is 4.79 Å². The molecule has 1 aliphatic heterocycles. The Kier molecular flexibility index (Phi) is 6.65. The highest BCUT2D eigenvalue weighted by Gasteiger charge is 2.41. The van der Waals surface area contributed by atoms with Gasteiger partial charge in [-0.15, -0.1) is 0 Å². The summed E-state index contributed by atoms with van der Waals surface area (Å²) in [7, 11) is 0. The highest BCUT2D eigenvalue weighted by atomic mass is 35.5. The lowest BCUT2D eigenvalue weighted by atomic mass is 9.73. The zero-order valence-corrected chi connectivity index (χ0v) is 16.8. The fourth-order valence-electron chi connectivity index (χ4n) is 4.08. The molecule has 1 amide bonds. The molecule has 1 unspecified atom stereocenters. The minimum atomic E-state index is -1.14. The second-order valence-corrected chi connectivity index (χ2v) is 7.78. The molecule has 0 bridgehead atoms. The lowest BCUT2D eigenvalue weighted by Gasteiger charge is -2.40. The van der Waals surface area contributed by atoms with Gasteiger partial charge in [0.2, 0.25) is 0 Å². The van der Waals surface area contributed by atoms with Gasteiger partial charge in [0.25, 0.3) is 0 Å². The Morgan fingerprint density at radius 1 is 1.39 bits per heavy atom. The third kappa shape index (κ3) is 4.51. The van der Waals surface area contributed by atoms with Gasteiger partial charge in [-0.1, -0.05) is 23.7 Å². The number of nitrogens with one attached hydrogen (secondary N) is 2. The van der Waals surface area contributed by atoms with Crippen LogP contribution >= 0.6 is 11.6 Å². The van der Waals surface area contributed by atoms with E-state index in [2.05, 4.69) is 10.6 Å². The largest absolute Gasteiger partial charge is 0.465 e. The van der Waals surface area contributed by atoms with Crippen molar-refractivity contribution in [2.75, 3.05) is 19.6 Å². The van der Waals surface area contributed by atoms with E-state index in [4.69, 9.17) is 21.1 Å². The fraction of sp³-hybridized carbons (Fsp3) is 0.476. The van der Waals surface area contributed by atoms with E-state index in [1.807, 2.05) is 31.2 Å². The molecule has 1 aromatic heterocycles. The van der Waals surface area contributed by atoms with Gasteiger partial charge in [0.1, 0.15) is 11.5 Å². The number of furan rings is 1. The third-order valence-corrected chi connectivity index (χ3v) is 5.76. The maximum atomic E-state index is 11.9. The second kappa shape index (κ2) is 8.99. The summed E-state index contributed by atoms with van der Waals surface area (Å²) >= 11 is 6.54. The molecule has 2 atom stereocenters. The van der Waals surface area contributed by atoms with E-state index in [1.165, 1.54) is 0 Å². The van der Waals surface area contributed by atoms with Crippen LogP contribution in [0.2, 0.25) is 5.02 Å². The topological polar surface area (TPSA) is 94.7 Å². The van der Waals surface area contributed by atoms with Gasteiger partial charge in [0.15, 0.2) is 0 Å². The van der Waals surface area contributed by atoms with Crippen LogP contribution in [0.3, 0.4) is 0 Å². The van der Waals surface area contributed by atoms with Crippen molar-refractivity contribution in [3.8, 4) is 11.3 Å². The normalized spacial score (nSPS) is 19.2. The first-order valence-corrected chi connectivity index (χ1v) is 10.1. The minimum absolute atomic E-state index is 0.000598. The number of carboxylic acid groups (broad SMARTS) is 1. The van der Waals surface area contributed by atoms with E-state index < -0.39 is 11.7 Å². The number of aliphatic hydroxyl groups is 1. The summed E-state index contributed by atoms with van der Waals surface area (Å²) < 4.78 is 5.83. The molecule has 28 heavy (non-hydrogen) atoms. The van der Waals surface area contributed by atoms with Crippen molar-refractivity contribution in [2.24, 2.45) is 5.92 Å². The van der Waals surface area contributed by atoms with Gasteiger partial charge in [0, 0.05) is 24.6 Å². The van der Waals surface area contributed by atoms with E-state index in [0.29, 0.717) is 35.7 Å². The Bertz CT molecular complexity index is 816. The Labute approximate surface area is 169 Å². The molecular formula is C21H27ClN2O4. The maximum Gasteiger partial charge on any atom is 0.404 e. The fourth-order valence-corrected chi connectivity index (χ4v) is 4.34. The van der Waals surface area contributed by atoms with Crippen LogP contribution in [0.25, 0.3) is 11.3 Å². The molecule has 2 aromatic rings. The summed E-state index contributed by atoms with van der Waals surface area (Å²) in [5, 5.41) is 27.0. The molecule has 152 valence electrons. The number of amides is 1. The van der Waals surface area contributed by atoms with Gasteiger partial charge in [-0.2, -0.15) is 0 Å². The van der Waals surface area contributed by atoms with Crippen molar-refractivity contribution in [1.82, 2.24) is 10.6 Å². The number of hydrogen-bond donors (Lipinski definition) is 4. The average molecular weight is 407 g/mol. The number of benzene rings is 1. The summed E-state index contributed by atoms with van der Waals surface area (Å²) in [6, 6.07) is 9.28. The van der Waals surface area contributed by atoms with E-state index >= 15 is 0 Å². The van der Waals surface area contributed by atoms with Gasteiger partial charge in [-0.25, -0.2) is 4.79 Å². The molecule has 1 aromatic carbocycles. The number of hydrogen-bond acceptors (Lipinski definition) is 4. The summed E-state index contributed by atoms with van der Waals surface area (Å²) in [6.07, 6.45) is 1.75. The van der Waals surface area contributed by atoms with Gasteiger partial charge in [-0.05, 0) is 62.9 Å². The zero-order valence-electron chi connectivity index (χ0n) is 16.0. The van der Waals surface area contributed by atoms with E-state index in [0.717, 1.165) is 30.7 Å². The molecule has 3 rings (SSSR count). The summed E-state index contributed by atoms with van der Waals surface area (Å²) in [5.74, 6) is 1.40. The van der Waals surface area contributed by atoms with Crippen LogP contribution in [0.5, 0.6) is 0 Å². The Morgan fingerprint density at radius 2 is 2.21 bits per heavy atom. The monoisotopic (exact) mass is 406 g/mol. The van der Waals surface area contributed by atoms with Crippen molar-refractivity contribution in [2.45, 2.75) is 38.2 Å². The quantitative estimate of drug-likeness (QED) is 0.518. The predicted molar refractivity (Wildman–Crippen MR) is 109 cm³/mol. The van der Waals surface area contributed by atoms with Crippen molar-refractivity contribution < 1.29 is 19.4 Å². The molecule has 2 heterocycles. The zero-order chi connectivity index (χ0) is 20.1. The molecule has 1 fully saturated rings. The van der Waals surface area contributed by atoms with Crippen LogP contribution in [-0.2, 0) is 5.60 Å². The van der Waals surface area contributed by atoms with Crippen LogP contribution < -0.4 is 10.6 Å². The van der Waals surface area contributed by atoms with Crippen molar-refractivity contribution in [3.05, 3.63) is 46.7 Å². The molecule has 0 saturated carbocycles. The first kappa shape index (κ1) is 20.7. The first-order valence-electron chi connectivity index (χ1n) is 9.67. The number of halogens is 1. The summed E-state index contributed by atoms with van der Waals surface area (Å²) in [6.45, 7) is 3.79. The standard InChI is InChI=1S/C21H27ClN2O4/c1-14-8-9-18(28-14)19-16(6-2-7-17(19)22)21(27,10-4-12-24-20(25)26)15-5-3-11-23-13-15/h2,6-9,15,23-24,27H,3-5,10-13H2,1H3,(H,25,26)/t15-,21?/m1/s1. The van der Waals surface area contributed by atoms with Gasteiger partial charge in [-0.3, -0.25) is 0 Å². The Balaban J connectivity index is 2.00. The van der Waals surface area contributed by atoms with Crippen LogP contribution in [0.15, 0.2) is 34.7 Å². The average Bonchev–Trinajstić information content (AvgIpc) is 3.11. The third-order valence-electron chi connectivity index (χ3n) is 5.45. The SMILES string of the molecule is Cc1ccc(-c2c(Cl)cccc2C(O)(CCCNC(=O)O)[C@@H]2CCCNC2)o1. The lowest BCUT2D eigenvalue weighted by Crippen LogP contribution is -2.45. The van der Waals surface area contributed by atoms with E-state index in [-0.39, 0.29) is 12.5 Å². The Hall–Kier alpha value is -2.02. The second-order valence-electron chi connectivity index (χ2n) is 7.38. The number of piperidine rings is 1. The maximum absolute atomic E-state index is 11.9. The smallest absolute Gasteiger partial charge is 0.404 e. The highest BCUT2D eigenvalue weighted by Crippen LogP contribution is 2.45. The highest BCUT2D eigenvalue weighted by molar-refractivity contribution is 6.33. The molecule has 1 aliphatic rings. The van der Waals surface area contributed by atoms with Crippen molar-refractivity contribution >= 4 is 17.7 Å². The lowest BCUT2D eigenvalue weighted by molar-refractivity contribution is -0.0416. The molecule has 4 N–H and O–H groups in total. The summed E-state index contributed by atoms with van der Waals surface area (Å²) in [4.78, 5) is 10.8. The molecule has 0 aliphatic carbocycles. The summed E-state index contributed by atoms with van der Waals surface area (Å²) in [5.41, 5.74) is 0.295. The van der Waals surface area contributed by atoms with Crippen LogP contribution in [0.1, 0.15) is 37.0 Å². The van der Waals surface area contributed by atoms with E-state index in [1.54, 1.807) is 6.07 Å². The predicted octanol–water partition coefficient (Wildman–Crippen LogP) is 4.14. The van der Waals surface area contributed by atoms with Gasteiger partial charge in [0.05, 0.1) is 10.6 Å². The van der Waals surface area contributed by atoms with Gasteiger partial charge < -0.3 is 25.3 Å². The van der Waals surface area contributed by atoms with Crippen molar-refractivity contribution in [1.29, 1.82) is 0 Å². The van der Waals surface area contributed by atoms with Crippen LogP contribution in [-0.4, -0.2) is 35.9 Å². The van der Waals surface area contributed by atoms with E-state index in [9.17, 15) is 9.90 Å². The van der Waals surface area contributed by atoms with Gasteiger partial charge >= 0.3 is 6.09 Å². The number of carbonyl (C=O) groups is 1. The van der Waals surface area contributed by atoms with Crippen LogP contribution in [0, 0.1) is 12.8 Å². The number of rotatable bonds is 7. The number of aryl methyl sites for hydroxylation is 1. The first-order chi connectivity index (χ1) is 13.4. The van der Waals surface area contributed by atoms with Crippen molar-refractivity contribution in [3.63, 3.8) is 0 Å². The minimum Gasteiger partial charge on any atom is -0.465 e. The molecular weight excluding hydrogens is 380 g/mol. The molecule has 1 saturated heterocycles. The Morgan fingerprint density at radius 3 is 2.86 bits per heavy atom. The molecule has 7 heteroatoms. The molecule has 6 nitrogen and oxygen atoms in total. The molecule has 0 spiro atoms.